The molecule has 0 fully saturated rings. The van der Waals surface area contributed by atoms with Gasteiger partial charge in [-0.15, -0.1) is 0 Å². The zero-order chi connectivity index (χ0) is 12.2. The summed E-state index contributed by atoms with van der Waals surface area (Å²) >= 11 is 0. The number of carbonyl (C=O) groups is 2. The molecule has 0 N–H and O–H groups in total. The van der Waals surface area contributed by atoms with E-state index in [0.717, 1.165) is 38.5 Å². The lowest BCUT2D eigenvalue weighted by Gasteiger charge is -2.01. The molecule has 0 rings (SSSR count). The molecule has 0 saturated carbocycles. The van der Waals surface area contributed by atoms with Crippen molar-refractivity contribution in [1.29, 1.82) is 0 Å². The first kappa shape index (κ1) is 15.3. The standard InChI is InChI=1S/C13H24O3/c1-3-12(14)9-7-5-4-6-8-10-13(15)11-16-2/h3-11H2,1-2H3. The predicted octanol–water partition coefficient (Wildman–Crippen LogP) is 2.91. The highest BCUT2D eigenvalue weighted by Crippen LogP contribution is 2.08. The molecule has 3 heteroatoms. The summed E-state index contributed by atoms with van der Waals surface area (Å²) in [4.78, 5) is 22.1. The second-order valence-electron chi connectivity index (χ2n) is 4.13. The molecule has 3 nitrogen and oxygen atoms in total. The summed E-state index contributed by atoms with van der Waals surface area (Å²) in [5.74, 6) is 0.541. The van der Waals surface area contributed by atoms with Crippen LogP contribution in [0.3, 0.4) is 0 Å². The fourth-order valence-corrected chi connectivity index (χ4v) is 1.58. The van der Waals surface area contributed by atoms with Crippen LogP contribution in [-0.2, 0) is 14.3 Å². The molecular formula is C13H24O3. The Bertz CT molecular complexity index is 199. The van der Waals surface area contributed by atoms with Crippen molar-refractivity contribution >= 4 is 11.6 Å². The Balaban J connectivity index is 3.15. The van der Waals surface area contributed by atoms with Crippen LogP contribution in [0.4, 0.5) is 0 Å². The van der Waals surface area contributed by atoms with Gasteiger partial charge in [0.25, 0.3) is 0 Å². The van der Waals surface area contributed by atoms with E-state index in [1.54, 1.807) is 7.11 Å². The summed E-state index contributed by atoms with van der Waals surface area (Å²) in [6.45, 7) is 2.15. The maximum absolute atomic E-state index is 11.1. The van der Waals surface area contributed by atoms with Crippen LogP contribution >= 0.6 is 0 Å². The Morgan fingerprint density at radius 3 is 1.88 bits per heavy atom. The number of ketones is 2. The van der Waals surface area contributed by atoms with E-state index in [4.69, 9.17) is 4.74 Å². The lowest BCUT2D eigenvalue weighted by Crippen LogP contribution is -2.05. The monoisotopic (exact) mass is 228 g/mol. The quantitative estimate of drug-likeness (QED) is 0.511. The van der Waals surface area contributed by atoms with Crippen molar-refractivity contribution in [1.82, 2.24) is 0 Å². The van der Waals surface area contributed by atoms with Gasteiger partial charge in [0.05, 0.1) is 0 Å². The highest BCUT2D eigenvalue weighted by atomic mass is 16.5. The fourth-order valence-electron chi connectivity index (χ4n) is 1.58. The number of rotatable bonds is 11. The predicted molar refractivity (Wildman–Crippen MR) is 64.5 cm³/mol. The average molecular weight is 228 g/mol. The van der Waals surface area contributed by atoms with Crippen molar-refractivity contribution in [2.75, 3.05) is 13.7 Å². The van der Waals surface area contributed by atoms with Crippen LogP contribution in [0.1, 0.15) is 58.3 Å². The van der Waals surface area contributed by atoms with E-state index in [1.165, 1.54) is 0 Å². The van der Waals surface area contributed by atoms with Crippen LogP contribution in [0.15, 0.2) is 0 Å². The van der Waals surface area contributed by atoms with Gasteiger partial charge >= 0.3 is 0 Å². The number of methoxy groups -OCH3 is 1. The molecule has 94 valence electrons. The van der Waals surface area contributed by atoms with E-state index in [-0.39, 0.29) is 12.4 Å². The van der Waals surface area contributed by atoms with Crippen LogP contribution < -0.4 is 0 Å². The molecule has 0 aromatic rings. The highest BCUT2D eigenvalue weighted by Gasteiger charge is 2.01. The number of hydrogen-bond acceptors (Lipinski definition) is 3. The summed E-state index contributed by atoms with van der Waals surface area (Å²) in [5.41, 5.74) is 0. The topological polar surface area (TPSA) is 43.4 Å². The van der Waals surface area contributed by atoms with E-state index in [1.807, 2.05) is 6.92 Å². The summed E-state index contributed by atoms with van der Waals surface area (Å²) < 4.78 is 4.75. The summed E-state index contributed by atoms with van der Waals surface area (Å²) in [6, 6.07) is 0. The van der Waals surface area contributed by atoms with E-state index < -0.39 is 0 Å². The van der Waals surface area contributed by atoms with Crippen molar-refractivity contribution < 1.29 is 14.3 Å². The lowest BCUT2D eigenvalue weighted by molar-refractivity contribution is -0.122. The molecule has 0 aliphatic carbocycles. The normalized spacial score (nSPS) is 10.4. The van der Waals surface area contributed by atoms with E-state index in [9.17, 15) is 9.59 Å². The van der Waals surface area contributed by atoms with Crippen molar-refractivity contribution in [3.63, 3.8) is 0 Å². The highest BCUT2D eigenvalue weighted by molar-refractivity contribution is 5.79. The molecule has 0 radical (unpaired) electrons. The summed E-state index contributed by atoms with van der Waals surface area (Å²) in [5, 5.41) is 0. The third kappa shape index (κ3) is 9.84. The van der Waals surface area contributed by atoms with Gasteiger partial charge in [-0.1, -0.05) is 26.2 Å². The van der Waals surface area contributed by atoms with Gasteiger partial charge in [0.15, 0.2) is 5.78 Å². The zero-order valence-corrected chi connectivity index (χ0v) is 10.6. The van der Waals surface area contributed by atoms with E-state index >= 15 is 0 Å². The molecule has 0 bridgehead atoms. The van der Waals surface area contributed by atoms with Gasteiger partial charge in [-0.25, -0.2) is 0 Å². The molecule has 0 aromatic carbocycles. The third-order valence-electron chi connectivity index (χ3n) is 2.61. The van der Waals surface area contributed by atoms with Gasteiger partial charge in [0.2, 0.25) is 0 Å². The average Bonchev–Trinajstić information content (AvgIpc) is 2.27. The minimum Gasteiger partial charge on any atom is -0.377 e. The zero-order valence-electron chi connectivity index (χ0n) is 10.6. The molecule has 0 aliphatic heterocycles. The second-order valence-corrected chi connectivity index (χ2v) is 4.13. The first-order valence-corrected chi connectivity index (χ1v) is 6.23. The first-order chi connectivity index (χ1) is 7.70. The number of unbranched alkanes of at least 4 members (excludes halogenated alkanes) is 4. The second kappa shape index (κ2) is 10.8. The molecule has 0 atom stereocenters. The minimum atomic E-state index is 0.184. The van der Waals surface area contributed by atoms with Crippen molar-refractivity contribution in [2.45, 2.75) is 58.3 Å². The number of ether oxygens (including phenoxy) is 1. The maximum Gasteiger partial charge on any atom is 0.158 e. The van der Waals surface area contributed by atoms with Crippen molar-refractivity contribution in [3.8, 4) is 0 Å². The third-order valence-corrected chi connectivity index (χ3v) is 2.61. The van der Waals surface area contributed by atoms with Crippen molar-refractivity contribution in [3.05, 3.63) is 0 Å². The van der Waals surface area contributed by atoms with Gasteiger partial charge < -0.3 is 4.74 Å². The molecule has 0 unspecified atom stereocenters. The smallest absolute Gasteiger partial charge is 0.158 e. The maximum atomic E-state index is 11.1. The van der Waals surface area contributed by atoms with E-state index in [2.05, 4.69) is 0 Å². The molecule has 16 heavy (non-hydrogen) atoms. The molecular weight excluding hydrogens is 204 g/mol. The Kier molecular flexibility index (Phi) is 10.3. The van der Waals surface area contributed by atoms with Crippen LogP contribution in [0.25, 0.3) is 0 Å². The van der Waals surface area contributed by atoms with Gasteiger partial charge in [0, 0.05) is 26.4 Å². The summed E-state index contributed by atoms with van der Waals surface area (Å²) in [6.07, 6.45) is 7.26. The molecule has 0 saturated heterocycles. The summed E-state index contributed by atoms with van der Waals surface area (Å²) in [7, 11) is 1.54. The lowest BCUT2D eigenvalue weighted by atomic mass is 10.1. The Labute approximate surface area is 98.6 Å². The van der Waals surface area contributed by atoms with Crippen LogP contribution in [-0.4, -0.2) is 25.3 Å². The Morgan fingerprint density at radius 1 is 0.875 bits per heavy atom. The van der Waals surface area contributed by atoms with Gasteiger partial charge in [-0.3, -0.25) is 9.59 Å². The number of Topliss-reactive ketones (excluding diaryl/α,β-unsaturated/α-hetero) is 2. The van der Waals surface area contributed by atoms with Gasteiger partial charge in [0.1, 0.15) is 12.4 Å². The number of carbonyl (C=O) groups excluding carboxylic acids is 2. The molecule has 0 heterocycles. The Hall–Kier alpha value is -0.700. The molecule has 0 amide bonds. The molecule has 0 aliphatic rings. The number of hydrogen-bond donors (Lipinski definition) is 0. The molecule has 0 aromatic heterocycles. The van der Waals surface area contributed by atoms with Crippen molar-refractivity contribution in [2.24, 2.45) is 0 Å². The van der Waals surface area contributed by atoms with Crippen LogP contribution in [0, 0.1) is 0 Å². The van der Waals surface area contributed by atoms with Crippen LogP contribution in [0.5, 0.6) is 0 Å². The van der Waals surface area contributed by atoms with E-state index in [0.29, 0.717) is 18.6 Å². The van der Waals surface area contributed by atoms with Crippen LogP contribution in [0.2, 0.25) is 0 Å². The Morgan fingerprint density at radius 2 is 1.38 bits per heavy atom. The van der Waals surface area contributed by atoms with Gasteiger partial charge in [-0.05, 0) is 12.8 Å². The molecule has 0 spiro atoms. The first-order valence-electron chi connectivity index (χ1n) is 6.23. The fraction of sp³-hybridized carbons (Fsp3) is 0.846. The minimum absolute atomic E-state index is 0.184. The van der Waals surface area contributed by atoms with Gasteiger partial charge in [-0.2, -0.15) is 0 Å². The SMILES string of the molecule is CCC(=O)CCCCCCCC(=O)COC. The largest absolute Gasteiger partial charge is 0.377 e.